The Bertz CT molecular complexity index is 796. The van der Waals surface area contributed by atoms with E-state index in [0.29, 0.717) is 35.8 Å². The van der Waals surface area contributed by atoms with E-state index < -0.39 is 17.7 Å². The lowest BCUT2D eigenvalue weighted by molar-refractivity contribution is -0.137. The van der Waals surface area contributed by atoms with Crippen molar-refractivity contribution < 1.29 is 24.1 Å². The zero-order chi connectivity index (χ0) is 19.6. The summed E-state index contributed by atoms with van der Waals surface area (Å²) in [5.41, 5.74) is 0.196. The number of aliphatic hydroxyl groups is 1. The highest BCUT2D eigenvalue weighted by Crippen LogP contribution is 2.44. The largest absolute Gasteiger partial charge is 0.496 e. The third-order valence-corrected chi connectivity index (χ3v) is 4.85. The van der Waals surface area contributed by atoms with Gasteiger partial charge in [0.2, 0.25) is 0 Å². The second-order valence-corrected chi connectivity index (χ2v) is 7.23. The molecule has 1 amide bonds. The summed E-state index contributed by atoms with van der Waals surface area (Å²) in [5, 5.41) is 20.2. The number of aliphatic hydroxyl groups excluding tert-OH is 1. The Labute approximate surface area is 158 Å². The van der Waals surface area contributed by atoms with Crippen molar-refractivity contribution in [1.29, 1.82) is 5.26 Å². The Hall–Kier alpha value is -2.56. The molecule has 2 atom stereocenters. The van der Waals surface area contributed by atoms with Gasteiger partial charge in [0.05, 0.1) is 30.8 Å². The molecular formula is C20H24N2O5. The monoisotopic (exact) mass is 372 g/mol. The minimum Gasteiger partial charge on any atom is -0.496 e. The zero-order valence-electron chi connectivity index (χ0n) is 15.8. The highest BCUT2D eigenvalue weighted by Gasteiger charge is 2.47. The predicted molar refractivity (Wildman–Crippen MR) is 96.9 cm³/mol. The molecule has 0 radical (unpaired) electrons. The van der Waals surface area contributed by atoms with Crippen molar-refractivity contribution in [2.75, 3.05) is 26.9 Å². The van der Waals surface area contributed by atoms with Crippen LogP contribution >= 0.6 is 0 Å². The minimum absolute atomic E-state index is 0.230. The Kier molecular flexibility index (Phi) is 5.40. The van der Waals surface area contributed by atoms with Crippen LogP contribution < -0.4 is 4.74 Å². The third-order valence-electron chi connectivity index (χ3n) is 4.85. The summed E-state index contributed by atoms with van der Waals surface area (Å²) in [7, 11) is 1.63. The van der Waals surface area contributed by atoms with E-state index in [2.05, 4.69) is 6.07 Å². The van der Waals surface area contributed by atoms with Crippen LogP contribution in [-0.2, 0) is 14.3 Å². The van der Waals surface area contributed by atoms with Gasteiger partial charge in [-0.3, -0.25) is 4.79 Å². The Balaban J connectivity index is 1.85. The van der Waals surface area contributed by atoms with Gasteiger partial charge in [0, 0.05) is 31.8 Å². The molecule has 1 N–H and O–H groups in total. The molecule has 0 aromatic heterocycles. The second-order valence-electron chi connectivity index (χ2n) is 7.23. The van der Waals surface area contributed by atoms with E-state index in [1.54, 1.807) is 44.1 Å². The van der Waals surface area contributed by atoms with Crippen LogP contribution in [0.1, 0.15) is 37.4 Å². The van der Waals surface area contributed by atoms with Gasteiger partial charge in [0.15, 0.2) is 0 Å². The van der Waals surface area contributed by atoms with E-state index in [9.17, 15) is 15.2 Å². The molecule has 2 aliphatic heterocycles. The quantitative estimate of drug-likeness (QED) is 0.767. The van der Waals surface area contributed by atoms with Crippen molar-refractivity contribution in [1.82, 2.24) is 4.90 Å². The van der Waals surface area contributed by atoms with Gasteiger partial charge in [0.25, 0.3) is 5.91 Å². The highest BCUT2D eigenvalue weighted by atomic mass is 16.5. The summed E-state index contributed by atoms with van der Waals surface area (Å²) in [5.74, 6) is 0.897. The van der Waals surface area contributed by atoms with Gasteiger partial charge in [0.1, 0.15) is 23.2 Å². The van der Waals surface area contributed by atoms with Crippen molar-refractivity contribution in [3.8, 4) is 11.8 Å². The number of rotatable bonds is 6. The number of fused-ring (bicyclic) bond motifs is 1. The van der Waals surface area contributed by atoms with Gasteiger partial charge in [-0.1, -0.05) is 0 Å². The van der Waals surface area contributed by atoms with Crippen LogP contribution in [0, 0.1) is 11.3 Å². The zero-order valence-corrected chi connectivity index (χ0v) is 15.8. The first-order valence-electron chi connectivity index (χ1n) is 8.91. The number of nitrogens with zero attached hydrogens (tertiary/aromatic N) is 2. The van der Waals surface area contributed by atoms with E-state index in [1.165, 1.54) is 6.08 Å². The van der Waals surface area contributed by atoms with E-state index in [0.717, 1.165) is 6.42 Å². The fourth-order valence-electron chi connectivity index (χ4n) is 3.42. The number of carbonyl (C=O) groups is 1. The summed E-state index contributed by atoms with van der Waals surface area (Å²) in [6.45, 7) is 4.86. The standard InChI is InChI=1S/C20H24N2O5/c1-20(2)19(24)18(15-9-13(11-21)5-6-16(15)27-20)22-12-14(10-17(22)23)26-8-4-7-25-3/h5-6,9-10,18-19,24H,4,7-8,12H2,1-3H3/t18-,19+/m0/s1. The second kappa shape index (κ2) is 7.59. The third kappa shape index (κ3) is 3.77. The molecule has 2 heterocycles. The van der Waals surface area contributed by atoms with Crippen molar-refractivity contribution in [2.24, 2.45) is 0 Å². The molecule has 0 spiro atoms. The van der Waals surface area contributed by atoms with Crippen molar-refractivity contribution in [3.05, 3.63) is 41.2 Å². The number of benzene rings is 1. The molecule has 0 fully saturated rings. The van der Waals surface area contributed by atoms with E-state index in [-0.39, 0.29) is 12.5 Å². The molecule has 1 aromatic rings. The van der Waals surface area contributed by atoms with Gasteiger partial charge >= 0.3 is 0 Å². The van der Waals surface area contributed by atoms with Crippen LogP contribution in [-0.4, -0.2) is 54.5 Å². The maximum Gasteiger partial charge on any atom is 0.251 e. The maximum atomic E-state index is 12.6. The van der Waals surface area contributed by atoms with Crippen molar-refractivity contribution >= 4 is 5.91 Å². The van der Waals surface area contributed by atoms with Crippen molar-refractivity contribution in [3.63, 3.8) is 0 Å². The average Bonchev–Trinajstić information content (AvgIpc) is 2.99. The van der Waals surface area contributed by atoms with Crippen LogP contribution in [0.25, 0.3) is 0 Å². The molecule has 3 rings (SSSR count). The highest BCUT2D eigenvalue weighted by molar-refractivity contribution is 5.91. The number of ether oxygens (including phenoxy) is 3. The van der Waals surface area contributed by atoms with E-state index in [4.69, 9.17) is 14.2 Å². The molecule has 27 heavy (non-hydrogen) atoms. The first kappa shape index (κ1) is 19.2. The fourth-order valence-corrected chi connectivity index (χ4v) is 3.42. The summed E-state index contributed by atoms with van der Waals surface area (Å²) < 4.78 is 16.6. The predicted octanol–water partition coefficient (Wildman–Crippen LogP) is 1.91. The lowest BCUT2D eigenvalue weighted by atomic mass is 9.85. The lowest BCUT2D eigenvalue weighted by Gasteiger charge is -2.45. The average molecular weight is 372 g/mol. The van der Waals surface area contributed by atoms with Crippen LogP contribution in [0.4, 0.5) is 0 Å². The van der Waals surface area contributed by atoms with Gasteiger partial charge < -0.3 is 24.2 Å². The molecule has 0 unspecified atom stereocenters. The molecule has 0 aliphatic carbocycles. The van der Waals surface area contributed by atoms with Crippen LogP contribution in [0.15, 0.2) is 30.0 Å². The number of hydrogen-bond acceptors (Lipinski definition) is 6. The number of hydrogen-bond donors (Lipinski definition) is 1. The topological polar surface area (TPSA) is 92.0 Å². The molecule has 0 saturated heterocycles. The van der Waals surface area contributed by atoms with E-state index >= 15 is 0 Å². The molecule has 0 bridgehead atoms. The van der Waals surface area contributed by atoms with Gasteiger partial charge in [-0.2, -0.15) is 5.26 Å². The first-order valence-corrected chi connectivity index (χ1v) is 8.91. The van der Waals surface area contributed by atoms with Crippen LogP contribution in [0.5, 0.6) is 5.75 Å². The molecule has 0 saturated carbocycles. The molecule has 144 valence electrons. The normalized spacial score (nSPS) is 23.3. The van der Waals surface area contributed by atoms with Gasteiger partial charge in [-0.05, 0) is 32.0 Å². The molecule has 7 nitrogen and oxygen atoms in total. The summed E-state index contributed by atoms with van der Waals surface area (Å²) in [6.07, 6.45) is 1.23. The summed E-state index contributed by atoms with van der Waals surface area (Å²) >= 11 is 0. The number of amides is 1. The Morgan fingerprint density at radius 1 is 1.41 bits per heavy atom. The van der Waals surface area contributed by atoms with Crippen molar-refractivity contribution in [2.45, 2.75) is 38.0 Å². The lowest BCUT2D eigenvalue weighted by Crippen LogP contribution is -2.54. The first-order chi connectivity index (χ1) is 12.9. The smallest absolute Gasteiger partial charge is 0.251 e. The summed E-state index contributed by atoms with van der Waals surface area (Å²) in [4.78, 5) is 14.2. The van der Waals surface area contributed by atoms with Gasteiger partial charge in [-0.15, -0.1) is 0 Å². The number of carbonyl (C=O) groups excluding carboxylic acids is 1. The number of nitriles is 1. The molecule has 2 aliphatic rings. The number of methoxy groups -OCH3 is 1. The summed E-state index contributed by atoms with van der Waals surface area (Å²) in [6, 6.07) is 6.52. The fraction of sp³-hybridized carbons (Fsp3) is 0.500. The Morgan fingerprint density at radius 3 is 2.89 bits per heavy atom. The maximum absolute atomic E-state index is 12.6. The molecule has 1 aromatic carbocycles. The molecule has 7 heteroatoms. The molecular weight excluding hydrogens is 348 g/mol. The SMILES string of the molecule is COCCCOC1=CC(=O)N([C@H]2c3cc(C#N)ccc3OC(C)(C)[C@@H]2O)C1. The van der Waals surface area contributed by atoms with Crippen LogP contribution in [0.3, 0.4) is 0 Å². The Morgan fingerprint density at radius 2 is 2.19 bits per heavy atom. The minimum atomic E-state index is -0.955. The van der Waals surface area contributed by atoms with E-state index in [1.807, 2.05) is 0 Å². The van der Waals surface area contributed by atoms with Gasteiger partial charge in [-0.25, -0.2) is 0 Å². The van der Waals surface area contributed by atoms with Crippen LogP contribution in [0.2, 0.25) is 0 Å².